The first-order chi connectivity index (χ1) is 7.36. The molecule has 0 spiro atoms. The Kier molecular flexibility index (Phi) is 4.95. The van der Waals surface area contributed by atoms with Gasteiger partial charge in [-0.15, -0.1) is 11.7 Å². The number of rotatable bonds is 6. The molecule has 1 rings (SSSR count). The van der Waals surface area contributed by atoms with Crippen LogP contribution < -0.4 is 0 Å². The molecule has 0 fully saturated rings. The minimum atomic E-state index is -0.0831. The van der Waals surface area contributed by atoms with Crippen molar-refractivity contribution >= 4 is 12.8 Å². The van der Waals surface area contributed by atoms with Crippen molar-refractivity contribution in [1.82, 2.24) is 0 Å². The highest BCUT2D eigenvalue weighted by atomic mass is 16.6. The van der Waals surface area contributed by atoms with Crippen LogP contribution in [-0.4, -0.2) is 12.8 Å². The van der Waals surface area contributed by atoms with Crippen LogP contribution in [0, 0.1) is 0 Å². The maximum absolute atomic E-state index is 5.06. The number of hydrogen-bond acceptors (Lipinski definition) is 2. The minimum Gasteiger partial charge on any atom is -0.389 e. The highest BCUT2D eigenvalue weighted by Crippen LogP contribution is 2.07. The standard InChI is InChI=1S/C13H15NO/c1-3-7-13(15-14-2)11-10-12-8-5-4-6-9-12/h3-6,8-11,13H,1-2,7H2/b11-10+. The van der Waals surface area contributed by atoms with Gasteiger partial charge in [0.15, 0.2) is 0 Å². The zero-order chi connectivity index (χ0) is 10.9. The van der Waals surface area contributed by atoms with Crippen molar-refractivity contribution < 1.29 is 4.84 Å². The number of nitrogens with zero attached hydrogens (tertiary/aromatic N) is 1. The second kappa shape index (κ2) is 6.60. The van der Waals surface area contributed by atoms with Gasteiger partial charge in [0, 0.05) is 13.1 Å². The number of benzene rings is 1. The van der Waals surface area contributed by atoms with Gasteiger partial charge in [-0.1, -0.05) is 42.5 Å². The van der Waals surface area contributed by atoms with Gasteiger partial charge in [-0.3, -0.25) is 0 Å². The summed E-state index contributed by atoms with van der Waals surface area (Å²) in [7, 11) is 0. The van der Waals surface area contributed by atoms with Gasteiger partial charge >= 0.3 is 0 Å². The lowest BCUT2D eigenvalue weighted by molar-refractivity contribution is 0.0976. The normalized spacial score (nSPS) is 12.3. The van der Waals surface area contributed by atoms with E-state index >= 15 is 0 Å². The van der Waals surface area contributed by atoms with E-state index in [9.17, 15) is 0 Å². The van der Waals surface area contributed by atoms with E-state index in [-0.39, 0.29) is 6.10 Å². The molecule has 1 atom stereocenters. The van der Waals surface area contributed by atoms with Crippen LogP contribution in [-0.2, 0) is 4.84 Å². The van der Waals surface area contributed by atoms with E-state index in [4.69, 9.17) is 4.84 Å². The van der Waals surface area contributed by atoms with Gasteiger partial charge in [-0.25, -0.2) is 0 Å². The first-order valence-electron chi connectivity index (χ1n) is 4.83. The molecule has 0 aliphatic heterocycles. The molecule has 0 saturated carbocycles. The SMILES string of the molecule is C=CCC(/C=C/c1ccccc1)ON=C. The highest BCUT2D eigenvalue weighted by molar-refractivity contribution is 5.49. The summed E-state index contributed by atoms with van der Waals surface area (Å²) in [6.07, 6.45) is 6.39. The van der Waals surface area contributed by atoms with E-state index in [0.717, 1.165) is 12.0 Å². The summed E-state index contributed by atoms with van der Waals surface area (Å²) in [4.78, 5) is 5.06. The average molecular weight is 201 g/mol. The van der Waals surface area contributed by atoms with Crippen LogP contribution in [0.25, 0.3) is 6.08 Å². The third-order valence-corrected chi connectivity index (χ3v) is 1.91. The van der Waals surface area contributed by atoms with E-state index in [1.54, 1.807) is 6.08 Å². The molecule has 0 heterocycles. The Labute approximate surface area is 90.6 Å². The number of oxime groups is 1. The van der Waals surface area contributed by atoms with E-state index in [0.29, 0.717) is 0 Å². The molecule has 1 aromatic rings. The lowest BCUT2D eigenvalue weighted by atomic mass is 10.1. The molecule has 78 valence electrons. The molecule has 0 radical (unpaired) electrons. The van der Waals surface area contributed by atoms with Gasteiger partial charge < -0.3 is 4.84 Å². The molecule has 1 unspecified atom stereocenters. The lowest BCUT2D eigenvalue weighted by Crippen LogP contribution is -2.03. The summed E-state index contributed by atoms with van der Waals surface area (Å²) in [5.74, 6) is 0. The van der Waals surface area contributed by atoms with Crippen LogP contribution in [0.5, 0.6) is 0 Å². The summed E-state index contributed by atoms with van der Waals surface area (Å²) < 4.78 is 0. The van der Waals surface area contributed by atoms with Crippen LogP contribution in [0.1, 0.15) is 12.0 Å². The molecular weight excluding hydrogens is 186 g/mol. The average Bonchev–Trinajstić information content (AvgIpc) is 2.28. The van der Waals surface area contributed by atoms with E-state index in [2.05, 4.69) is 18.5 Å². The zero-order valence-electron chi connectivity index (χ0n) is 8.67. The predicted octanol–water partition coefficient (Wildman–Crippen LogP) is 3.28. The number of hydrogen-bond donors (Lipinski definition) is 0. The Balaban J connectivity index is 2.60. The van der Waals surface area contributed by atoms with Gasteiger partial charge in [0.25, 0.3) is 0 Å². The first-order valence-corrected chi connectivity index (χ1v) is 4.83. The Morgan fingerprint density at radius 1 is 1.33 bits per heavy atom. The molecule has 0 aliphatic carbocycles. The molecule has 0 saturated heterocycles. The fraction of sp³-hybridized carbons (Fsp3) is 0.154. The largest absolute Gasteiger partial charge is 0.389 e. The second-order valence-electron chi connectivity index (χ2n) is 3.07. The summed E-state index contributed by atoms with van der Waals surface area (Å²) in [5, 5.41) is 3.42. The maximum atomic E-state index is 5.06. The second-order valence-corrected chi connectivity index (χ2v) is 3.07. The molecular formula is C13H15NO. The van der Waals surface area contributed by atoms with E-state index in [1.807, 2.05) is 42.5 Å². The molecule has 2 nitrogen and oxygen atoms in total. The Bertz CT molecular complexity index is 320. The fourth-order valence-electron chi connectivity index (χ4n) is 1.20. The van der Waals surface area contributed by atoms with Gasteiger partial charge in [-0.2, -0.15) is 0 Å². The van der Waals surface area contributed by atoms with Crippen LogP contribution in [0.15, 0.2) is 54.2 Å². The monoisotopic (exact) mass is 201 g/mol. The molecule has 15 heavy (non-hydrogen) atoms. The van der Waals surface area contributed by atoms with Crippen molar-refractivity contribution in [3.63, 3.8) is 0 Å². The van der Waals surface area contributed by atoms with Crippen LogP contribution in [0.4, 0.5) is 0 Å². The summed E-state index contributed by atoms with van der Waals surface area (Å²) in [6.45, 7) is 6.96. The van der Waals surface area contributed by atoms with Gasteiger partial charge in [-0.05, 0) is 11.6 Å². The molecule has 0 bridgehead atoms. The quantitative estimate of drug-likeness (QED) is 0.393. The van der Waals surface area contributed by atoms with Crippen molar-refractivity contribution in [3.8, 4) is 0 Å². The van der Waals surface area contributed by atoms with Gasteiger partial charge in [0.1, 0.15) is 6.10 Å². The van der Waals surface area contributed by atoms with Crippen molar-refractivity contribution in [1.29, 1.82) is 0 Å². The van der Waals surface area contributed by atoms with Crippen LogP contribution >= 0.6 is 0 Å². The third kappa shape index (κ3) is 4.27. The molecule has 1 aromatic carbocycles. The topological polar surface area (TPSA) is 21.6 Å². The Morgan fingerprint density at radius 2 is 2.07 bits per heavy atom. The lowest BCUT2D eigenvalue weighted by Gasteiger charge is -2.06. The molecule has 0 aliphatic rings. The summed E-state index contributed by atoms with van der Waals surface area (Å²) >= 11 is 0. The maximum Gasteiger partial charge on any atom is 0.149 e. The Morgan fingerprint density at radius 3 is 2.67 bits per heavy atom. The van der Waals surface area contributed by atoms with Crippen molar-refractivity contribution in [3.05, 3.63) is 54.6 Å². The predicted molar refractivity (Wildman–Crippen MR) is 64.7 cm³/mol. The van der Waals surface area contributed by atoms with Crippen molar-refractivity contribution in [2.45, 2.75) is 12.5 Å². The molecule has 0 aromatic heterocycles. The van der Waals surface area contributed by atoms with Crippen LogP contribution in [0.3, 0.4) is 0 Å². The molecule has 0 N–H and O–H groups in total. The van der Waals surface area contributed by atoms with Gasteiger partial charge in [0.2, 0.25) is 0 Å². The minimum absolute atomic E-state index is 0.0831. The smallest absolute Gasteiger partial charge is 0.149 e. The Hall–Kier alpha value is -1.83. The van der Waals surface area contributed by atoms with E-state index < -0.39 is 0 Å². The van der Waals surface area contributed by atoms with Crippen molar-refractivity contribution in [2.24, 2.45) is 5.16 Å². The third-order valence-electron chi connectivity index (χ3n) is 1.91. The molecule has 0 amide bonds. The zero-order valence-corrected chi connectivity index (χ0v) is 8.67. The van der Waals surface area contributed by atoms with E-state index in [1.165, 1.54) is 0 Å². The highest BCUT2D eigenvalue weighted by Gasteiger charge is 2.00. The van der Waals surface area contributed by atoms with Gasteiger partial charge in [0.05, 0.1) is 0 Å². The van der Waals surface area contributed by atoms with Crippen molar-refractivity contribution in [2.75, 3.05) is 0 Å². The van der Waals surface area contributed by atoms with Crippen LogP contribution in [0.2, 0.25) is 0 Å². The summed E-state index contributed by atoms with van der Waals surface area (Å²) in [6, 6.07) is 10.0. The fourth-order valence-corrected chi connectivity index (χ4v) is 1.20. The molecule has 2 heteroatoms. The summed E-state index contributed by atoms with van der Waals surface area (Å²) in [5.41, 5.74) is 1.14. The first kappa shape index (κ1) is 11.2.